The van der Waals surface area contributed by atoms with Crippen molar-refractivity contribution in [2.45, 2.75) is 13.5 Å². The molecular weight excluding hydrogens is 448 g/mol. The van der Waals surface area contributed by atoms with Gasteiger partial charge in [0.1, 0.15) is 11.5 Å². The molecule has 0 spiro atoms. The quantitative estimate of drug-likeness (QED) is 0.303. The summed E-state index contributed by atoms with van der Waals surface area (Å²) in [6, 6.07) is 13.6. The van der Waals surface area contributed by atoms with Crippen LogP contribution in [-0.4, -0.2) is 32.0 Å². The summed E-state index contributed by atoms with van der Waals surface area (Å²) in [7, 11) is 0. The van der Waals surface area contributed by atoms with E-state index in [-0.39, 0.29) is 22.7 Å². The summed E-state index contributed by atoms with van der Waals surface area (Å²) in [6.07, 6.45) is 1.46. The van der Waals surface area contributed by atoms with E-state index in [4.69, 9.17) is 4.42 Å². The van der Waals surface area contributed by atoms with E-state index in [1.54, 1.807) is 18.2 Å². The second-order valence-corrected chi connectivity index (χ2v) is 8.22. The van der Waals surface area contributed by atoms with Crippen molar-refractivity contribution in [2.75, 3.05) is 0 Å². The van der Waals surface area contributed by atoms with E-state index in [1.807, 2.05) is 6.92 Å². The van der Waals surface area contributed by atoms with Gasteiger partial charge in [0.2, 0.25) is 0 Å². The molecule has 1 aromatic heterocycles. The SMILES string of the molecule is Cc1ccc(C(=O)O)cc1-c1ccc(/C=C2\SC(=O)N(Cc3ccc([N+](=O)[O-])cc3)C2=O)o1. The minimum Gasteiger partial charge on any atom is -0.478 e. The molecule has 166 valence electrons. The summed E-state index contributed by atoms with van der Waals surface area (Å²) in [5.74, 6) is -0.770. The molecule has 1 fully saturated rings. The zero-order valence-corrected chi connectivity index (χ0v) is 18.0. The van der Waals surface area contributed by atoms with Gasteiger partial charge in [-0.1, -0.05) is 18.2 Å². The molecule has 1 N–H and O–H groups in total. The molecule has 0 aliphatic carbocycles. The number of thioether (sulfide) groups is 1. The Morgan fingerprint density at radius 3 is 2.55 bits per heavy atom. The Labute approximate surface area is 191 Å². The van der Waals surface area contributed by atoms with Gasteiger partial charge in [-0.2, -0.15) is 0 Å². The average Bonchev–Trinajstić information content (AvgIpc) is 3.34. The first-order chi connectivity index (χ1) is 15.7. The van der Waals surface area contributed by atoms with Crippen LogP contribution >= 0.6 is 11.8 Å². The van der Waals surface area contributed by atoms with Crippen molar-refractivity contribution in [2.24, 2.45) is 0 Å². The lowest BCUT2D eigenvalue weighted by molar-refractivity contribution is -0.384. The highest BCUT2D eigenvalue weighted by Gasteiger charge is 2.35. The van der Waals surface area contributed by atoms with E-state index in [2.05, 4.69) is 0 Å². The molecule has 2 heterocycles. The fraction of sp³-hybridized carbons (Fsp3) is 0.0870. The summed E-state index contributed by atoms with van der Waals surface area (Å²) in [5.41, 5.74) is 2.06. The molecule has 1 aliphatic heterocycles. The number of non-ortho nitro benzene ring substituents is 1. The van der Waals surface area contributed by atoms with Gasteiger partial charge in [-0.25, -0.2) is 4.79 Å². The van der Waals surface area contributed by atoms with Crippen LogP contribution in [0.1, 0.15) is 27.2 Å². The summed E-state index contributed by atoms with van der Waals surface area (Å²) in [6.45, 7) is 1.82. The topological polar surface area (TPSA) is 131 Å². The highest BCUT2D eigenvalue weighted by Crippen LogP contribution is 2.35. The number of nitrogens with zero attached hydrogens (tertiary/aromatic N) is 2. The number of carbonyl (C=O) groups excluding carboxylic acids is 2. The van der Waals surface area contributed by atoms with Gasteiger partial charge in [0.25, 0.3) is 16.8 Å². The van der Waals surface area contributed by atoms with Gasteiger partial charge in [-0.3, -0.25) is 24.6 Å². The normalized spacial score (nSPS) is 14.8. The third-order valence-corrected chi connectivity index (χ3v) is 5.92. The Morgan fingerprint density at radius 1 is 1.15 bits per heavy atom. The van der Waals surface area contributed by atoms with Gasteiger partial charge in [0, 0.05) is 23.8 Å². The molecule has 10 heteroatoms. The van der Waals surface area contributed by atoms with E-state index in [9.17, 15) is 29.6 Å². The van der Waals surface area contributed by atoms with Crippen molar-refractivity contribution in [3.63, 3.8) is 0 Å². The number of hydrogen-bond acceptors (Lipinski definition) is 7. The highest BCUT2D eigenvalue weighted by molar-refractivity contribution is 8.18. The zero-order chi connectivity index (χ0) is 23.7. The van der Waals surface area contributed by atoms with Gasteiger partial charge in [-0.15, -0.1) is 0 Å². The number of aromatic carboxylic acids is 1. The van der Waals surface area contributed by atoms with Crippen LogP contribution in [0, 0.1) is 17.0 Å². The number of imide groups is 1. The highest BCUT2D eigenvalue weighted by atomic mass is 32.2. The molecule has 1 aliphatic rings. The molecule has 2 aromatic carbocycles. The third kappa shape index (κ3) is 4.55. The van der Waals surface area contributed by atoms with E-state index < -0.39 is 22.0 Å². The predicted octanol–water partition coefficient (Wildman–Crippen LogP) is 5.10. The van der Waals surface area contributed by atoms with Crippen molar-refractivity contribution in [3.8, 4) is 11.3 Å². The summed E-state index contributed by atoms with van der Waals surface area (Å²) < 4.78 is 5.79. The van der Waals surface area contributed by atoms with Crippen LogP contribution in [0.15, 0.2) is 63.9 Å². The molecular formula is C23H16N2O7S. The third-order valence-electron chi connectivity index (χ3n) is 5.01. The van der Waals surface area contributed by atoms with Crippen LogP contribution in [0.25, 0.3) is 17.4 Å². The van der Waals surface area contributed by atoms with E-state index in [1.165, 1.54) is 42.5 Å². The lowest BCUT2D eigenvalue weighted by Gasteiger charge is -2.12. The van der Waals surface area contributed by atoms with Crippen LogP contribution in [0.2, 0.25) is 0 Å². The maximum atomic E-state index is 12.8. The van der Waals surface area contributed by atoms with Gasteiger partial charge >= 0.3 is 5.97 Å². The number of carboxylic acid groups (broad SMARTS) is 1. The number of amides is 2. The lowest BCUT2D eigenvalue weighted by Crippen LogP contribution is -2.27. The number of carboxylic acids is 1. The molecule has 0 unspecified atom stereocenters. The predicted molar refractivity (Wildman–Crippen MR) is 120 cm³/mol. The molecule has 0 saturated carbocycles. The second-order valence-electron chi connectivity index (χ2n) is 7.23. The number of nitro benzene ring substituents is 1. The van der Waals surface area contributed by atoms with Crippen molar-refractivity contribution in [1.82, 2.24) is 4.90 Å². The minimum atomic E-state index is -1.05. The maximum Gasteiger partial charge on any atom is 0.335 e. The van der Waals surface area contributed by atoms with Crippen LogP contribution in [0.5, 0.6) is 0 Å². The van der Waals surface area contributed by atoms with Gasteiger partial charge < -0.3 is 9.52 Å². The van der Waals surface area contributed by atoms with Crippen LogP contribution in [0.4, 0.5) is 10.5 Å². The van der Waals surface area contributed by atoms with E-state index >= 15 is 0 Å². The maximum absolute atomic E-state index is 12.8. The number of nitro groups is 1. The number of benzene rings is 2. The number of aryl methyl sites for hydroxylation is 1. The number of carbonyl (C=O) groups is 3. The monoisotopic (exact) mass is 464 g/mol. The molecule has 1 saturated heterocycles. The van der Waals surface area contributed by atoms with E-state index in [0.29, 0.717) is 22.6 Å². The first-order valence-electron chi connectivity index (χ1n) is 9.66. The van der Waals surface area contributed by atoms with Crippen LogP contribution in [-0.2, 0) is 11.3 Å². The Morgan fingerprint density at radius 2 is 1.88 bits per heavy atom. The van der Waals surface area contributed by atoms with Crippen molar-refractivity contribution < 1.29 is 28.8 Å². The van der Waals surface area contributed by atoms with Crippen LogP contribution < -0.4 is 0 Å². The second kappa shape index (κ2) is 8.75. The van der Waals surface area contributed by atoms with Crippen molar-refractivity contribution >= 4 is 40.6 Å². The van der Waals surface area contributed by atoms with Gasteiger partial charge in [-0.05, 0) is 54.1 Å². The minimum absolute atomic E-state index is 0.00934. The number of furan rings is 1. The lowest BCUT2D eigenvalue weighted by atomic mass is 10.0. The first kappa shape index (κ1) is 22.0. The molecule has 4 rings (SSSR count). The summed E-state index contributed by atoms with van der Waals surface area (Å²) >= 11 is 0.771. The summed E-state index contributed by atoms with van der Waals surface area (Å²) in [5, 5.41) is 19.5. The average molecular weight is 464 g/mol. The molecule has 33 heavy (non-hydrogen) atoms. The molecule has 0 radical (unpaired) electrons. The molecule has 0 bridgehead atoms. The smallest absolute Gasteiger partial charge is 0.335 e. The molecule has 0 atom stereocenters. The largest absolute Gasteiger partial charge is 0.478 e. The van der Waals surface area contributed by atoms with Crippen molar-refractivity contribution in [3.05, 3.63) is 92.1 Å². The zero-order valence-electron chi connectivity index (χ0n) is 17.2. The Balaban J connectivity index is 1.54. The molecule has 2 amide bonds. The van der Waals surface area contributed by atoms with Gasteiger partial charge in [0.15, 0.2) is 0 Å². The first-order valence-corrected chi connectivity index (χ1v) is 10.5. The number of rotatable bonds is 6. The molecule has 3 aromatic rings. The standard InChI is InChI=1S/C23H16N2O7S/c1-13-2-5-15(22(27)28)10-18(13)19-9-8-17(32-19)11-20-21(26)24(23(29)33-20)12-14-3-6-16(7-4-14)25(30)31/h2-11H,12H2,1H3,(H,27,28)/b20-11-. The Bertz CT molecular complexity index is 1320. The van der Waals surface area contributed by atoms with E-state index in [0.717, 1.165) is 22.2 Å². The van der Waals surface area contributed by atoms with Gasteiger partial charge in [0.05, 0.1) is 21.9 Å². The van der Waals surface area contributed by atoms with Crippen LogP contribution in [0.3, 0.4) is 0 Å². The fourth-order valence-electron chi connectivity index (χ4n) is 3.27. The Kier molecular flexibility index (Phi) is 5.84. The number of hydrogen-bond donors (Lipinski definition) is 1. The van der Waals surface area contributed by atoms with Crippen molar-refractivity contribution in [1.29, 1.82) is 0 Å². The Hall–Kier alpha value is -4.18. The summed E-state index contributed by atoms with van der Waals surface area (Å²) in [4.78, 5) is 47.9. The molecule has 9 nitrogen and oxygen atoms in total. The fourth-order valence-corrected chi connectivity index (χ4v) is 4.09.